The fourth-order valence-corrected chi connectivity index (χ4v) is 2.58. The van der Waals surface area contributed by atoms with Crippen LogP contribution in [0, 0.1) is 0 Å². The molecule has 0 aromatic heterocycles. The molecule has 0 amide bonds. The summed E-state index contributed by atoms with van der Waals surface area (Å²) in [6, 6.07) is 0. The number of rotatable bonds is 6. The van der Waals surface area contributed by atoms with Gasteiger partial charge in [0.05, 0.1) is 0 Å². The average molecular weight is 426 g/mol. The zero-order valence-corrected chi connectivity index (χ0v) is 18.0. The first-order chi connectivity index (χ1) is 14.0. The summed E-state index contributed by atoms with van der Waals surface area (Å²) in [6.07, 6.45) is -5.76. The first-order valence-corrected chi connectivity index (χ1v) is 9.55. The maximum absolute atomic E-state index is 12.3. The summed E-state index contributed by atoms with van der Waals surface area (Å²) in [7, 11) is 0. The van der Waals surface area contributed by atoms with Crippen LogP contribution in [-0.2, 0) is 28.6 Å². The number of allylic oxidation sites excluding steroid dienone is 3. The Bertz CT molecular complexity index is 750. The smallest absolute Gasteiger partial charge is 0.333 e. The summed E-state index contributed by atoms with van der Waals surface area (Å²) in [4.78, 5) is 36.6. The maximum atomic E-state index is 12.3. The minimum atomic E-state index is -1.80. The van der Waals surface area contributed by atoms with Crippen LogP contribution in [0.15, 0.2) is 34.9 Å². The third-order valence-corrected chi connectivity index (χ3v) is 5.01. The van der Waals surface area contributed by atoms with Gasteiger partial charge >= 0.3 is 17.9 Å². The van der Waals surface area contributed by atoms with E-state index >= 15 is 0 Å². The normalized spacial score (nSPS) is 30.5. The van der Waals surface area contributed by atoms with Crippen molar-refractivity contribution in [2.75, 3.05) is 0 Å². The number of aliphatic hydroxyl groups excluding tert-OH is 3. The van der Waals surface area contributed by atoms with Crippen LogP contribution < -0.4 is 0 Å². The second-order valence-corrected chi connectivity index (χ2v) is 7.00. The highest BCUT2D eigenvalue weighted by atomic mass is 16.6. The molecule has 9 heteroatoms. The Morgan fingerprint density at radius 3 is 1.17 bits per heavy atom. The number of ether oxygens (including phenoxy) is 3. The van der Waals surface area contributed by atoms with E-state index in [1.165, 1.54) is 39.0 Å². The summed E-state index contributed by atoms with van der Waals surface area (Å²) in [5.74, 6) is -2.49. The number of carbonyl (C=O) groups is 3. The van der Waals surface area contributed by atoms with Gasteiger partial charge < -0.3 is 29.5 Å². The van der Waals surface area contributed by atoms with E-state index in [-0.39, 0.29) is 16.7 Å². The van der Waals surface area contributed by atoms with Crippen LogP contribution in [0.5, 0.6) is 0 Å². The molecule has 0 bridgehead atoms. The molecular formula is C21H30O9. The number of aliphatic hydroxyl groups is 3. The minimum absolute atomic E-state index is 0.204. The zero-order chi connectivity index (χ0) is 23.2. The average Bonchev–Trinajstić information content (AvgIpc) is 2.74. The molecule has 1 aliphatic rings. The van der Waals surface area contributed by atoms with Crippen molar-refractivity contribution in [3.05, 3.63) is 34.9 Å². The molecule has 3 N–H and O–H groups in total. The highest BCUT2D eigenvalue weighted by molar-refractivity contribution is 5.89. The van der Waals surface area contributed by atoms with E-state index in [9.17, 15) is 29.7 Å². The molecule has 9 nitrogen and oxygen atoms in total. The van der Waals surface area contributed by atoms with Crippen molar-refractivity contribution in [2.45, 2.75) is 78.2 Å². The molecule has 0 heterocycles. The van der Waals surface area contributed by atoms with Gasteiger partial charge in [-0.3, -0.25) is 0 Å². The Hall–Kier alpha value is -2.49. The highest BCUT2D eigenvalue weighted by Gasteiger charge is 2.55. The van der Waals surface area contributed by atoms with Crippen LogP contribution in [0.25, 0.3) is 0 Å². The van der Waals surface area contributed by atoms with Crippen LogP contribution in [0.3, 0.4) is 0 Å². The van der Waals surface area contributed by atoms with Gasteiger partial charge in [-0.1, -0.05) is 18.2 Å². The van der Waals surface area contributed by atoms with Crippen molar-refractivity contribution in [1.82, 2.24) is 0 Å². The lowest BCUT2D eigenvalue weighted by molar-refractivity contribution is -0.244. The molecule has 1 fully saturated rings. The highest BCUT2D eigenvalue weighted by Crippen LogP contribution is 2.30. The van der Waals surface area contributed by atoms with Gasteiger partial charge in [0, 0.05) is 16.7 Å². The van der Waals surface area contributed by atoms with Gasteiger partial charge in [-0.25, -0.2) is 14.4 Å². The molecule has 0 aromatic rings. The molecule has 0 unspecified atom stereocenters. The largest absolute Gasteiger partial charge is 0.453 e. The van der Waals surface area contributed by atoms with Crippen LogP contribution in [0.1, 0.15) is 41.5 Å². The third kappa shape index (κ3) is 5.78. The van der Waals surface area contributed by atoms with Crippen LogP contribution in [-0.4, -0.2) is 69.9 Å². The molecule has 0 spiro atoms. The fourth-order valence-electron chi connectivity index (χ4n) is 2.58. The van der Waals surface area contributed by atoms with Crippen molar-refractivity contribution >= 4 is 17.9 Å². The molecule has 0 saturated heterocycles. The molecule has 30 heavy (non-hydrogen) atoms. The maximum Gasteiger partial charge on any atom is 0.333 e. The van der Waals surface area contributed by atoms with E-state index in [4.69, 9.17) is 14.2 Å². The lowest BCUT2D eigenvalue weighted by Crippen LogP contribution is -2.66. The van der Waals surface area contributed by atoms with Gasteiger partial charge in [-0.05, 0) is 41.5 Å². The predicted molar refractivity (Wildman–Crippen MR) is 106 cm³/mol. The van der Waals surface area contributed by atoms with E-state index in [0.29, 0.717) is 0 Å². The van der Waals surface area contributed by atoms with Crippen LogP contribution in [0.2, 0.25) is 0 Å². The van der Waals surface area contributed by atoms with Gasteiger partial charge in [0.2, 0.25) is 0 Å². The number of carbonyl (C=O) groups excluding carboxylic acids is 3. The first-order valence-electron chi connectivity index (χ1n) is 9.55. The van der Waals surface area contributed by atoms with Crippen molar-refractivity contribution < 1.29 is 43.9 Å². The van der Waals surface area contributed by atoms with Crippen molar-refractivity contribution in [3.8, 4) is 0 Å². The van der Waals surface area contributed by atoms with Gasteiger partial charge in [0.15, 0.2) is 18.3 Å². The number of hydrogen-bond donors (Lipinski definition) is 3. The van der Waals surface area contributed by atoms with E-state index in [1.807, 2.05) is 0 Å². The summed E-state index contributed by atoms with van der Waals surface area (Å²) >= 11 is 0. The van der Waals surface area contributed by atoms with Crippen molar-refractivity contribution in [1.29, 1.82) is 0 Å². The fraction of sp³-hybridized carbons (Fsp3) is 0.571. The summed E-state index contributed by atoms with van der Waals surface area (Å²) in [5.41, 5.74) is 0.619. The molecular weight excluding hydrogens is 396 g/mol. The second-order valence-electron chi connectivity index (χ2n) is 7.00. The van der Waals surface area contributed by atoms with Crippen LogP contribution >= 0.6 is 0 Å². The Labute approximate surface area is 175 Å². The Balaban J connectivity index is 3.29. The summed E-state index contributed by atoms with van der Waals surface area (Å²) in [6.45, 7) is 9.22. The predicted octanol–water partition coefficient (Wildman–Crippen LogP) is 0.717. The van der Waals surface area contributed by atoms with E-state index in [2.05, 4.69) is 0 Å². The Morgan fingerprint density at radius 2 is 0.833 bits per heavy atom. The van der Waals surface area contributed by atoms with Gasteiger partial charge in [0.25, 0.3) is 0 Å². The minimum Gasteiger partial charge on any atom is -0.453 e. The molecule has 0 aromatic carbocycles. The third-order valence-electron chi connectivity index (χ3n) is 5.01. The molecule has 168 valence electrons. The molecule has 6 atom stereocenters. The SMILES string of the molecule is C/C=C(/C)C(=O)O[C@H]1[C@H](O)[C@@H](O)[C@H](OC(=O)/C(C)=C\C)[C@H](OC(=O)/C(C)=C\C)[C@H]1O. The topological polar surface area (TPSA) is 140 Å². The zero-order valence-electron chi connectivity index (χ0n) is 18.0. The van der Waals surface area contributed by atoms with Gasteiger partial charge in [-0.2, -0.15) is 0 Å². The van der Waals surface area contributed by atoms with E-state index < -0.39 is 54.5 Å². The lowest BCUT2D eigenvalue weighted by atomic mass is 9.84. The van der Waals surface area contributed by atoms with E-state index in [1.54, 1.807) is 20.8 Å². The summed E-state index contributed by atoms with van der Waals surface area (Å²) < 4.78 is 15.6. The first kappa shape index (κ1) is 25.5. The van der Waals surface area contributed by atoms with Crippen LogP contribution in [0.4, 0.5) is 0 Å². The lowest BCUT2D eigenvalue weighted by Gasteiger charge is -2.44. The van der Waals surface area contributed by atoms with Gasteiger partial charge in [-0.15, -0.1) is 0 Å². The Morgan fingerprint density at radius 1 is 0.567 bits per heavy atom. The van der Waals surface area contributed by atoms with Gasteiger partial charge in [0.1, 0.15) is 18.3 Å². The molecule has 1 saturated carbocycles. The number of hydrogen-bond acceptors (Lipinski definition) is 9. The monoisotopic (exact) mass is 426 g/mol. The van der Waals surface area contributed by atoms with Crippen molar-refractivity contribution in [2.24, 2.45) is 0 Å². The standard InChI is InChI=1S/C21H30O9/c1-7-10(4)19(25)28-16-13(22)14(23)17(29-20(26)11(5)8-2)18(15(16)24)30-21(27)12(6)9-3/h7-9,13-18,22-24H,1-6H3/b10-7-,11-8-,12-9-/t13-,14-,15+,16+,17+,18-/m1/s1. The Kier molecular flexibility index (Phi) is 9.41. The quantitative estimate of drug-likeness (QED) is 0.318. The molecule has 0 aliphatic heterocycles. The number of esters is 3. The van der Waals surface area contributed by atoms with Crippen molar-refractivity contribution in [3.63, 3.8) is 0 Å². The molecule has 1 rings (SSSR count). The molecule has 0 radical (unpaired) electrons. The molecule has 1 aliphatic carbocycles. The second kappa shape index (κ2) is 11.1. The summed E-state index contributed by atoms with van der Waals surface area (Å²) in [5, 5.41) is 31.7. The van der Waals surface area contributed by atoms with E-state index in [0.717, 1.165) is 0 Å².